The average Bonchev–Trinajstić information content (AvgIpc) is 2.51. The maximum Gasteiger partial charge on any atom is 0.353 e. The number of anilines is 3. The fraction of sp³-hybridized carbons (Fsp3) is 0.375. The number of rotatable bonds is 7. The summed E-state index contributed by atoms with van der Waals surface area (Å²) in [6.45, 7) is 6.70. The van der Waals surface area contributed by atoms with Gasteiger partial charge in [0.15, 0.2) is 0 Å². The molecule has 0 saturated carbocycles. The third kappa shape index (κ3) is 4.15. The number of hydrogen-bond acceptors (Lipinski definition) is 6. The van der Waals surface area contributed by atoms with Crippen molar-refractivity contribution in [3.63, 3.8) is 0 Å². The van der Waals surface area contributed by atoms with E-state index < -0.39 is 4.92 Å². The smallest absolute Gasteiger partial charge is 0.353 e. The highest BCUT2D eigenvalue weighted by Gasteiger charge is 2.22. The van der Waals surface area contributed by atoms with Crippen LogP contribution in [-0.4, -0.2) is 21.4 Å². The molecule has 1 heterocycles. The van der Waals surface area contributed by atoms with Gasteiger partial charge < -0.3 is 10.6 Å². The highest BCUT2D eigenvalue weighted by atomic mass is 16.6. The number of nitrogens with one attached hydrogen (secondary N) is 2. The van der Waals surface area contributed by atoms with Crippen molar-refractivity contribution in [2.75, 3.05) is 17.2 Å². The van der Waals surface area contributed by atoms with E-state index in [0.717, 1.165) is 29.7 Å². The Bertz CT molecular complexity index is 703. The Hall–Kier alpha value is -2.70. The summed E-state index contributed by atoms with van der Waals surface area (Å²) in [5, 5.41) is 17.5. The van der Waals surface area contributed by atoms with Gasteiger partial charge in [-0.3, -0.25) is 10.1 Å². The molecule has 2 aromatic rings. The molecule has 7 nitrogen and oxygen atoms in total. The van der Waals surface area contributed by atoms with Gasteiger partial charge in [0.1, 0.15) is 6.33 Å². The normalized spacial score (nSPS) is 10.4. The van der Waals surface area contributed by atoms with Gasteiger partial charge in [0, 0.05) is 12.2 Å². The average molecular weight is 315 g/mol. The van der Waals surface area contributed by atoms with E-state index in [1.54, 1.807) is 0 Å². The van der Waals surface area contributed by atoms with Crippen LogP contribution in [0.15, 0.2) is 24.5 Å². The molecule has 0 aliphatic rings. The van der Waals surface area contributed by atoms with Crippen molar-refractivity contribution in [2.24, 2.45) is 0 Å². The summed E-state index contributed by atoms with van der Waals surface area (Å²) in [5.41, 5.74) is 2.89. The molecule has 0 aliphatic heterocycles. The van der Waals surface area contributed by atoms with Crippen LogP contribution in [0.2, 0.25) is 0 Å². The Balaban J connectivity index is 2.31. The van der Waals surface area contributed by atoms with Crippen molar-refractivity contribution in [3.8, 4) is 0 Å². The van der Waals surface area contributed by atoms with Gasteiger partial charge in [0.25, 0.3) is 0 Å². The molecule has 1 aromatic heterocycles. The fourth-order valence-electron chi connectivity index (χ4n) is 2.11. The molecule has 0 spiro atoms. The number of unbranched alkanes of at least 4 members (excludes halogenated alkanes) is 1. The topological polar surface area (TPSA) is 93.0 Å². The van der Waals surface area contributed by atoms with Gasteiger partial charge in [0.2, 0.25) is 11.6 Å². The molecular formula is C16H21N5O2. The minimum atomic E-state index is -0.461. The molecule has 0 bridgehead atoms. The standard InChI is InChI=1S/C16H21N5O2/c1-4-5-8-17-15-14(21(22)23)16(19-10-18-15)20-13-7-6-11(2)12(3)9-13/h6-7,9-10H,4-5,8H2,1-3H3,(H2,17,18,19,20). The number of nitro groups is 1. The summed E-state index contributed by atoms with van der Waals surface area (Å²) >= 11 is 0. The predicted octanol–water partition coefficient (Wildman–Crippen LogP) is 3.96. The molecule has 7 heteroatoms. The minimum Gasteiger partial charge on any atom is -0.364 e. The number of nitrogens with zero attached hydrogens (tertiary/aromatic N) is 3. The van der Waals surface area contributed by atoms with Crippen molar-refractivity contribution < 1.29 is 4.92 Å². The first-order chi connectivity index (χ1) is 11.0. The van der Waals surface area contributed by atoms with Gasteiger partial charge in [-0.2, -0.15) is 0 Å². The van der Waals surface area contributed by atoms with Gasteiger partial charge in [0.05, 0.1) is 4.92 Å². The van der Waals surface area contributed by atoms with E-state index in [9.17, 15) is 10.1 Å². The second kappa shape index (κ2) is 7.53. The van der Waals surface area contributed by atoms with Crippen LogP contribution in [0.4, 0.5) is 23.0 Å². The van der Waals surface area contributed by atoms with E-state index in [0.29, 0.717) is 6.54 Å². The molecule has 0 atom stereocenters. The second-order valence-electron chi connectivity index (χ2n) is 5.38. The Morgan fingerprint density at radius 1 is 1.17 bits per heavy atom. The maximum absolute atomic E-state index is 11.4. The molecule has 0 saturated heterocycles. The van der Waals surface area contributed by atoms with E-state index in [1.165, 1.54) is 6.33 Å². The number of hydrogen-bond donors (Lipinski definition) is 2. The molecule has 122 valence electrons. The molecule has 0 aliphatic carbocycles. The molecule has 0 amide bonds. The summed E-state index contributed by atoms with van der Waals surface area (Å²) in [5.74, 6) is 0.428. The zero-order valence-corrected chi connectivity index (χ0v) is 13.6. The monoisotopic (exact) mass is 315 g/mol. The van der Waals surface area contributed by atoms with Gasteiger partial charge in [-0.15, -0.1) is 0 Å². The van der Waals surface area contributed by atoms with Gasteiger partial charge in [-0.1, -0.05) is 19.4 Å². The molecule has 2 rings (SSSR count). The van der Waals surface area contributed by atoms with Crippen LogP contribution < -0.4 is 10.6 Å². The SMILES string of the molecule is CCCCNc1ncnc(Nc2ccc(C)c(C)c2)c1[N+](=O)[O-]. The van der Waals surface area contributed by atoms with Crippen molar-refractivity contribution in [3.05, 3.63) is 45.8 Å². The first kappa shape index (κ1) is 16.7. The first-order valence-corrected chi connectivity index (χ1v) is 7.60. The van der Waals surface area contributed by atoms with E-state index in [2.05, 4.69) is 27.5 Å². The van der Waals surface area contributed by atoms with E-state index in [1.807, 2.05) is 32.0 Å². The molecule has 0 radical (unpaired) electrons. The molecule has 0 fully saturated rings. The van der Waals surface area contributed by atoms with Crippen LogP contribution in [0, 0.1) is 24.0 Å². The highest BCUT2D eigenvalue weighted by molar-refractivity contribution is 5.73. The van der Waals surface area contributed by atoms with Crippen LogP contribution in [-0.2, 0) is 0 Å². The first-order valence-electron chi connectivity index (χ1n) is 7.60. The van der Waals surface area contributed by atoms with Crippen molar-refractivity contribution in [1.29, 1.82) is 0 Å². The molecule has 1 aromatic carbocycles. The van der Waals surface area contributed by atoms with Gasteiger partial charge >= 0.3 is 5.69 Å². The lowest BCUT2D eigenvalue weighted by Crippen LogP contribution is -2.09. The molecule has 2 N–H and O–H groups in total. The molecule has 0 unspecified atom stereocenters. The van der Waals surface area contributed by atoms with Gasteiger partial charge in [-0.25, -0.2) is 9.97 Å². The minimum absolute atomic E-state index is 0.137. The van der Waals surface area contributed by atoms with Crippen LogP contribution >= 0.6 is 0 Å². The van der Waals surface area contributed by atoms with Crippen LogP contribution in [0.1, 0.15) is 30.9 Å². The summed E-state index contributed by atoms with van der Waals surface area (Å²) in [4.78, 5) is 19.0. The number of aromatic nitrogens is 2. The third-order valence-electron chi connectivity index (χ3n) is 3.60. The van der Waals surface area contributed by atoms with Crippen LogP contribution in [0.5, 0.6) is 0 Å². The van der Waals surface area contributed by atoms with Crippen LogP contribution in [0.3, 0.4) is 0 Å². The third-order valence-corrected chi connectivity index (χ3v) is 3.60. The quantitative estimate of drug-likeness (QED) is 0.456. The lowest BCUT2D eigenvalue weighted by molar-refractivity contribution is -0.383. The Kier molecular flexibility index (Phi) is 5.46. The predicted molar refractivity (Wildman–Crippen MR) is 91.3 cm³/mol. The summed E-state index contributed by atoms with van der Waals surface area (Å²) in [6.07, 6.45) is 3.24. The van der Waals surface area contributed by atoms with E-state index >= 15 is 0 Å². The van der Waals surface area contributed by atoms with Gasteiger partial charge in [-0.05, 0) is 43.5 Å². The number of benzene rings is 1. The largest absolute Gasteiger partial charge is 0.364 e. The lowest BCUT2D eigenvalue weighted by Gasteiger charge is -2.11. The molecular weight excluding hydrogens is 294 g/mol. The summed E-state index contributed by atoms with van der Waals surface area (Å²) in [7, 11) is 0. The van der Waals surface area contributed by atoms with Crippen molar-refractivity contribution >= 4 is 23.0 Å². The summed E-state index contributed by atoms with van der Waals surface area (Å²) in [6, 6.07) is 5.77. The van der Waals surface area contributed by atoms with Crippen molar-refractivity contribution in [2.45, 2.75) is 33.6 Å². The zero-order valence-electron chi connectivity index (χ0n) is 13.6. The fourth-order valence-corrected chi connectivity index (χ4v) is 2.11. The van der Waals surface area contributed by atoms with E-state index in [-0.39, 0.29) is 17.3 Å². The second-order valence-corrected chi connectivity index (χ2v) is 5.38. The summed E-state index contributed by atoms with van der Waals surface area (Å²) < 4.78 is 0. The van der Waals surface area contributed by atoms with E-state index in [4.69, 9.17) is 0 Å². The number of aryl methyl sites for hydroxylation is 2. The maximum atomic E-state index is 11.4. The van der Waals surface area contributed by atoms with Crippen LogP contribution in [0.25, 0.3) is 0 Å². The molecule has 23 heavy (non-hydrogen) atoms. The highest BCUT2D eigenvalue weighted by Crippen LogP contribution is 2.31. The van der Waals surface area contributed by atoms with Crippen molar-refractivity contribution in [1.82, 2.24) is 9.97 Å². The Labute approximate surface area is 135 Å². The Morgan fingerprint density at radius 2 is 1.91 bits per heavy atom. The Morgan fingerprint density at radius 3 is 2.57 bits per heavy atom. The lowest BCUT2D eigenvalue weighted by atomic mass is 10.1. The zero-order chi connectivity index (χ0) is 16.8.